The van der Waals surface area contributed by atoms with Crippen LogP contribution < -0.4 is 0 Å². The highest BCUT2D eigenvalue weighted by molar-refractivity contribution is 5.74. The van der Waals surface area contributed by atoms with Crippen molar-refractivity contribution in [3.8, 4) is 0 Å². The summed E-state index contributed by atoms with van der Waals surface area (Å²) in [5, 5.41) is 12.6. The fourth-order valence-electron chi connectivity index (χ4n) is 0.963. The molecular weight excluding hydrogens is 158 g/mol. The summed E-state index contributed by atoms with van der Waals surface area (Å²) in [6.45, 7) is 4.14. The summed E-state index contributed by atoms with van der Waals surface area (Å²) in [5.41, 5.74) is 0. The largest absolute Gasteiger partial charge is 0.481 e. The maximum Gasteiger partial charge on any atom is 0.313 e. The molecule has 0 spiro atoms. The predicted molar refractivity (Wildman–Crippen MR) is 41.7 cm³/mol. The van der Waals surface area contributed by atoms with E-state index in [4.69, 9.17) is 5.11 Å². The molecule has 0 amide bonds. The number of aryl methyl sites for hydroxylation is 1. The van der Waals surface area contributed by atoms with Crippen LogP contribution in [-0.2, 0) is 11.3 Å². The first-order valence-electron chi connectivity index (χ1n) is 3.77. The van der Waals surface area contributed by atoms with Crippen molar-refractivity contribution in [2.45, 2.75) is 26.3 Å². The van der Waals surface area contributed by atoms with Crippen molar-refractivity contribution in [2.24, 2.45) is 0 Å². The summed E-state index contributed by atoms with van der Waals surface area (Å²) >= 11 is 0. The van der Waals surface area contributed by atoms with Crippen LogP contribution in [0.2, 0.25) is 0 Å². The molecule has 1 aromatic rings. The SMILES string of the molecule is CCn1ncnc1C(C)C(=O)O. The molecule has 0 saturated heterocycles. The monoisotopic (exact) mass is 169 g/mol. The Morgan fingerprint density at radius 2 is 2.50 bits per heavy atom. The van der Waals surface area contributed by atoms with Gasteiger partial charge in [-0.05, 0) is 13.8 Å². The number of carbonyl (C=O) groups is 1. The molecule has 0 fully saturated rings. The molecule has 0 aliphatic heterocycles. The molecule has 0 aromatic carbocycles. The van der Waals surface area contributed by atoms with Gasteiger partial charge in [-0.1, -0.05) is 0 Å². The topological polar surface area (TPSA) is 68.0 Å². The fraction of sp³-hybridized carbons (Fsp3) is 0.571. The third-order valence-electron chi connectivity index (χ3n) is 1.70. The zero-order chi connectivity index (χ0) is 9.14. The minimum atomic E-state index is -0.877. The van der Waals surface area contributed by atoms with E-state index in [0.29, 0.717) is 12.4 Å². The highest BCUT2D eigenvalue weighted by Crippen LogP contribution is 2.10. The zero-order valence-electron chi connectivity index (χ0n) is 7.06. The number of carboxylic acids is 1. The minimum Gasteiger partial charge on any atom is -0.481 e. The Kier molecular flexibility index (Phi) is 2.42. The molecule has 1 aromatic heterocycles. The first-order valence-corrected chi connectivity index (χ1v) is 3.77. The molecule has 0 bridgehead atoms. The maximum atomic E-state index is 10.6. The van der Waals surface area contributed by atoms with E-state index in [2.05, 4.69) is 10.1 Å². The van der Waals surface area contributed by atoms with E-state index >= 15 is 0 Å². The second-order valence-electron chi connectivity index (χ2n) is 2.49. The normalized spacial score (nSPS) is 12.8. The van der Waals surface area contributed by atoms with Gasteiger partial charge in [0, 0.05) is 6.54 Å². The molecule has 5 heteroatoms. The summed E-state index contributed by atoms with van der Waals surface area (Å²) in [7, 11) is 0. The van der Waals surface area contributed by atoms with E-state index in [9.17, 15) is 4.79 Å². The molecule has 12 heavy (non-hydrogen) atoms. The molecule has 1 atom stereocenters. The van der Waals surface area contributed by atoms with Crippen molar-refractivity contribution >= 4 is 5.97 Å². The Morgan fingerprint density at radius 3 is 3.00 bits per heavy atom. The van der Waals surface area contributed by atoms with Gasteiger partial charge in [0.05, 0.1) is 0 Å². The maximum absolute atomic E-state index is 10.6. The van der Waals surface area contributed by atoms with E-state index in [1.54, 1.807) is 11.6 Å². The van der Waals surface area contributed by atoms with Crippen LogP contribution in [0.1, 0.15) is 25.6 Å². The number of carboxylic acid groups (broad SMARTS) is 1. The van der Waals surface area contributed by atoms with Gasteiger partial charge < -0.3 is 5.11 Å². The van der Waals surface area contributed by atoms with Crippen molar-refractivity contribution in [3.63, 3.8) is 0 Å². The van der Waals surface area contributed by atoms with Crippen LogP contribution in [0.15, 0.2) is 6.33 Å². The smallest absolute Gasteiger partial charge is 0.313 e. The Bertz CT molecular complexity index is 282. The lowest BCUT2D eigenvalue weighted by Crippen LogP contribution is -2.14. The number of rotatable bonds is 3. The lowest BCUT2D eigenvalue weighted by molar-refractivity contribution is -0.138. The standard InChI is InChI=1S/C7H11N3O2/c1-3-10-6(8-4-9-10)5(2)7(11)12/h4-5H,3H2,1-2H3,(H,11,12). The van der Waals surface area contributed by atoms with Gasteiger partial charge in [-0.3, -0.25) is 4.79 Å². The molecule has 1 N–H and O–H groups in total. The number of aliphatic carboxylic acids is 1. The summed E-state index contributed by atoms with van der Waals surface area (Å²) in [6.07, 6.45) is 1.37. The van der Waals surface area contributed by atoms with Crippen molar-refractivity contribution < 1.29 is 9.90 Å². The van der Waals surface area contributed by atoms with Gasteiger partial charge in [-0.15, -0.1) is 0 Å². The molecule has 1 unspecified atom stereocenters. The molecule has 5 nitrogen and oxygen atoms in total. The highest BCUT2D eigenvalue weighted by atomic mass is 16.4. The molecule has 1 heterocycles. The van der Waals surface area contributed by atoms with Crippen LogP contribution in [-0.4, -0.2) is 25.8 Å². The van der Waals surface area contributed by atoms with Crippen LogP contribution in [0.25, 0.3) is 0 Å². The second kappa shape index (κ2) is 3.34. The van der Waals surface area contributed by atoms with Crippen LogP contribution in [0, 0.1) is 0 Å². The first-order chi connectivity index (χ1) is 5.66. The van der Waals surface area contributed by atoms with E-state index in [-0.39, 0.29) is 0 Å². The number of hydrogen-bond acceptors (Lipinski definition) is 3. The Morgan fingerprint density at radius 1 is 1.83 bits per heavy atom. The Hall–Kier alpha value is -1.39. The van der Waals surface area contributed by atoms with E-state index in [0.717, 1.165) is 0 Å². The van der Waals surface area contributed by atoms with Crippen LogP contribution >= 0.6 is 0 Å². The average Bonchev–Trinajstić information content (AvgIpc) is 2.49. The quantitative estimate of drug-likeness (QED) is 0.714. The van der Waals surface area contributed by atoms with Crippen LogP contribution in [0.4, 0.5) is 0 Å². The summed E-state index contributed by atoms with van der Waals surface area (Å²) in [4.78, 5) is 14.5. The van der Waals surface area contributed by atoms with Crippen molar-refractivity contribution in [1.82, 2.24) is 14.8 Å². The molecular formula is C7H11N3O2. The van der Waals surface area contributed by atoms with Gasteiger partial charge in [-0.25, -0.2) is 9.67 Å². The number of nitrogens with zero attached hydrogens (tertiary/aromatic N) is 3. The third-order valence-corrected chi connectivity index (χ3v) is 1.70. The van der Waals surface area contributed by atoms with Gasteiger partial charge in [-0.2, -0.15) is 5.10 Å². The second-order valence-corrected chi connectivity index (χ2v) is 2.49. The number of hydrogen-bond donors (Lipinski definition) is 1. The average molecular weight is 169 g/mol. The first kappa shape index (κ1) is 8.70. The highest BCUT2D eigenvalue weighted by Gasteiger charge is 2.18. The Labute approximate surface area is 70.0 Å². The molecule has 0 radical (unpaired) electrons. The van der Waals surface area contributed by atoms with Gasteiger partial charge in [0.2, 0.25) is 0 Å². The van der Waals surface area contributed by atoms with Gasteiger partial charge in [0.1, 0.15) is 18.1 Å². The predicted octanol–water partition coefficient (Wildman–Crippen LogP) is 0.486. The molecule has 66 valence electrons. The van der Waals surface area contributed by atoms with E-state index in [1.165, 1.54) is 6.33 Å². The van der Waals surface area contributed by atoms with Crippen molar-refractivity contribution in [2.75, 3.05) is 0 Å². The summed E-state index contributed by atoms with van der Waals surface area (Å²) in [6, 6.07) is 0. The van der Waals surface area contributed by atoms with Gasteiger partial charge in [0.15, 0.2) is 0 Å². The van der Waals surface area contributed by atoms with Gasteiger partial charge >= 0.3 is 5.97 Å². The van der Waals surface area contributed by atoms with E-state index < -0.39 is 11.9 Å². The minimum absolute atomic E-state index is 0.505. The lowest BCUT2D eigenvalue weighted by Gasteiger charge is -2.05. The lowest BCUT2D eigenvalue weighted by atomic mass is 10.2. The van der Waals surface area contributed by atoms with Crippen molar-refractivity contribution in [1.29, 1.82) is 0 Å². The summed E-state index contributed by atoms with van der Waals surface area (Å²) < 4.78 is 1.58. The molecule has 0 saturated carbocycles. The van der Waals surface area contributed by atoms with Gasteiger partial charge in [0.25, 0.3) is 0 Å². The molecule has 0 aliphatic rings. The van der Waals surface area contributed by atoms with E-state index in [1.807, 2.05) is 6.92 Å². The zero-order valence-corrected chi connectivity index (χ0v) is 7.06. The Balaban J connectivity index is 2.93. The van der Waals surface area contributed by atoms with Crippen LogP contribution in [0.3, 0.4) is 0 Å². The van der Waals surface area contributed by atoms with Crippen LogP contribution in [0.5, 0.6) is 0 Å². The summed E-state index contributed by atoms with van der Waals surface area (Å²) in [5.74, 6) is -0.963. The fourth-order valence-corrected chi connectivity index (χ4v) is 0.963. The molecule has 1 rings (SSSR count). The molecule has 0 aliphatic carbocycles. The van der Waals surface area contributed by atoms with Crippen molar-refractivity contribution in [3.05, 3.63) is 12.2 Å². The third kappa shape index (κ3) is 1.44. The number of aromatic nitrogens is 3.